The largest absolute Gasteiger partial charge is 0.478 e. The van der Waals surface area contributed by atoms with Crippen LogP contribution >= 0.6 is 0 Å². The molecule has 1 aliphatic rings. The van der Waals surface area contributed by atoms with Crippen LogP contribution in [0.15, 0.2) is 103 Å². The number of rotatable bonds is 10. The number of benzene rings is 4. The molecule has 0 radical (unpaired) electrons. The van der Waals surface area contributed by atoms with Gasteiger partial charge in [-0.05, 0) is 47.0 Å². The van der Waals surface area contributed by atoms with E-state index >= 15 is 0 Å². The Morgan fingerprint density at radius 2 is 1.57 bits per heavy atom. The molecule has 0 unspecified atom stereocenters. The number of aromatic nitrogens is 1. The molecule has 2 heterocycles. The van der Waals surface area contributed by atoms with E-state index in [4.69, 9.17) is 9.47 Å². The third-order valence-corrected chi connectivity index (χ3v) is 9.94. The first-order valence-electron chi connectivity index (χ1n) is 16.1. The van der Waals surface area contributed by atoms with E-state index in [1.165, 1.54) is 12.1 Å². The zero-order valence-corrected chi connectivity index (χ0v) is 28.5. The van der Waals surface area contributed by atoms with Crippen LogP contribution in [0.25, 0.3) is 10.9 Å². The summed E-state index contributed by atoms with van der Waals surface area (Å²) in [5.41, 5.74) is 3.91. The summed E-state index contributed by atoms with van der Waals surface area (Å²) in [7, 11) is -1.45. The lowest BCUT2D eigenvalue weighted by Crippen LogP contribution is -2.36. The molecule has 0 saturated heterocycles. The Bertz CT molecular complexity index is 1950. The maximum atomic E-state index is 14.3. The van der Waals surface area contributed by atoms with Crippen molar-refractivity contribution in [1.29, 1.82) is 0 Å². The van der Waals surface area contributed by atoms with E-state index in [9.17, 15) is 18.8 Å². The molecule has 0 fully saturated rings. The number of fused-ring (bicyclic) bond motifs is 2. The molecule has 0 spiro atoms. The highest BCUT2D eigenvalue weighted by Crippen LogP contribution is 2.45. The van der Waals surface area contributed by atoms with E-state index < -0.39 is 26.3 Å². The standard InChI is InChI=1S/C38H37FN4O5Si/c1-49(2,3)22-21-47-38(46)42-37(45)41-32-29-15-10-20-40-33(29)35(48-34(26-11-6-4-7-12-26)27-13-8-5-9-14-27)31-30(32)24-43(36(31)44)23-25-16-18-28(39)19-17-25/h4-20,34H,21-24H2,1-3H3,(H2,41,42,45,46). The number of imide groups is 1. The summed E-state index contributed by atoms with van der Waals surface area (Å²) < 4.78 is 25.8. The molecule has 11 heteroatoms. The first-order chi connectivity index (χ1) is 23.6. The van der Waals surface area contributed by atoms with Gasteiger partial charge in [0.15, 0.2) is 5.75 Å². The van der Waals surface area contributed by atoms with Crippen molar-refractivity contribution in [2.75, 3.05) is 11.9 Å². The lowest BCUT2D eigenvalue weighted by Gasteiger charge is -2.23. The number of alkyl carbamates (subject to hydrolysis) is 1. The Balaban J connectivity index is 1.42. The highest BCUT2D eigenvalue weighted by molar-refractivity contribution is 6.76. The number of carbonyl (C=O) groups excluding carboxylic acids is 3. The fraction of sp³-hybridized carbons (Fsp3) is 0.211. The smallest absolute Gasteiger partial charge is 0.415 e. The first kappa shape index (κ1) is 33.4. The van der Waals surface area contributed by atoms with Gasteiger partial charge in [0.1, 0.15) is 17.4 Å². The van der Waals surface area contributed by atoms with E-state index in [1.54, 1.807) is 35.4 Å². The topological polar surface area (TPSA) is 110 Å². The highest BCUT2D eigenvalue weighted by Gasteiger charge is 2.37. The number of hydrogen-bond acceptors (Lipinski definition) is 6. The molecule has 4 amide bonds. The van der Waals surface area contributed by atoms with Crippen LogP contribution in [0.1, 0.15) is 38.7 Å². The van der Waals surface area contributed by atoms with Crippen LogP contribution in [0.4, 0.5) is 19.7 Å². The van der Waals surface area contributed by atoms with E-state index in [-0.39, 0.29) is 42.7 Å². The number of ether oxygens (including phenoxy) is 2. The molecule has 49 heavy (non-hydrogen) atoms. The SMILES string of the molecule is C[Si](C)(C)CCOC(=O)NC(=O)Nc1c2c(c(OC(c3ccccc3)c3ccccc3)c3ncccc13)C(=O)N(Cc1ccc(F)cc1)C2. The summed E-state index contributed by atoms with van der Waals surface area (Å²) >= 11 is 0. The molecule has 5 aromatic rings. The minimum Gasteiger partial charge on any atom is -0.478 e. The quantitative estimate of drug-likeness (QED) is 0.144. The van der Waals surface area contributed by atoms with Gasteiger partial charge < -0.3 is 19.7 Å². The molecule has 2 N–H and O–H groups in total. The summed E-state index contributed by atoms with van der Waals surface area (Å²) in [6.07, 6.45) is 0.137. The normalized spacial score (nSPS) is 12.6. The Labute approximate surface area is 285 Å². The molecule has 0 bridgehead atoms. The molecule has 1 aromatic heterocycles. The number of hydrogen-bond donors (Lipinski definition) is 2. The first-order valence-corrected chi connectivity index (χ1v) is 19.8. The van der Waals surface area contributed by atoms with Gasteiger partial charge in [-0.3, -0.25) is 9.78 Å². The lowest BCUT2D eigenvalue weighted by molar-refractivity contribution is 0.0762. The molecule has 0 saturated carbocycles. The maximum absolute atomic E-state index is 14.3. The molecule has 250 valence electrons. The summed E-state index contributed by atoms with van der Waals surface area (Å²) in [6, 6.07) is 28.8. The van der Waals surface area contributed by atoms with Crippen LogP contribution in [-0.2, 0) is 17.8 Å². The van der Waals surface area contributed by atoms with Crippen LogP contribution in [0, 0.1) is 5.82 Å². The fourth-order valence-corrected chi connectivity index (χ4v) is 6.47. The van der Waals surface area contributed by atoms with Crippen LogP contribution in [0.5, 0.6) is 5.75 Å². The summed E-state index contributed by atoms with van der Waals surface area (Å²) in [4.78, 5) is 46.4. The van der Waals surface area contributed by atoms with Crippen molar-refractivity contribution in [3.05, 3.63) is 137 Å². The Morgan fingerprint density at radius 3 is 2.20 bits per heavy atom. The monoisotopic (exact) mass is 676 g/mol. The molecule has 6 rings (SSSR count). The number of nitrogens with zero attached hydrogens (tertiary/aromatic N) is 2. The molecule has 0 aliphatic carbocycles. The number of amides is 4. The molecule has 0 atom stereocenters. The third-order valence-electron chi connectivity index (χ3n) is 8.24. The number of pyridine rings is 1. The van der Waals surface area contributed by atoms with Crippen LogP contribution in [0.3, 0.4) is 0 Å². The summed E-state index contributed by atoms with van der Waals surface area (Å²) in [5.74, 6) is -0.445. The van der Waals surface area contributed by atoms with Crippen molar-refractivity contribution < 1.29 is 28.2 Å². The zero-order valence-electron chi connectivity index (χ0n) is 27.5. The number of halogens is 1. The van der Waals surface area contributed by atoms with Gasteiger partial charge in [-0.15, -0.1) is 0 Å². The van der Waals surface area contributed by atoms with Crippen molar-refractivity contribution in [1.82, 2.24) is 15.2 Å². The summed E-state index contributed by atoms with van der Waals surface area (Å²) in [6.45, 7) is 7.00. The highest BCUT2D eigenvalue weighted by atomic mass is 28.3. The van der Waals surface area contributed by atoms with E-state index in [0.29, 0.717) is 22.2 Å². The predicted molar refractivity (Wildman–Crippen MR) is 189 cm³/mol. The van der Waals surface area contributed by atoms with Gasteiger partial charge in [0.25, 0.3) is 5.91 Å². The Hall–Kier alpha value is -5.55. The van der Waals surface area contributed by atoms with Crippen molar-refractivity contribution in [3.63, 3.8) is 0 Å². The van der Waals surface area contributed by atoms with E-state index in [0.717, 1.165) is 22.7 Å². The van der Waals surface area contributed by atoms with Crippen LogP contribution in [-0.4, -0.2) is 42.6 Å². The van der Waals surface area contributed by atoms with Crippen molar-refractivity contribution in [3.8, 4) is 5.75 Å². The molecular weight excluding hydrogens is 640 g/mol. The maximum Gasteiger partial charge on any atom is 0.415 e. The van der Waals surface area contributed by atoms with E-state index in [1.807, 2.05) is 60.7 Å². The Morgan fingerprint density at radius 1 is 0.918 bits per heavy atom. The van der Waals surface area contributed by atoms with Gasteiger partial charge in [0.05, 0.1) is 17.9 Å². The number of urea groups is 1. The average molecular weight is 677 g/mol. The zero-order chi connectivity index (χ0) is 34.5. The fourth-order valence-electron chi connectivity index (χ4n) is 5.76. The van der Waals surface area contributed by atoms with Gasteiger partial charge in [-0.1, -0.05) is 92.4 Å². The van der Waals surface area contributed by atoms with Crippen molar-refractivity contribution in [2.45, 2.75) is 44.9 Å². The number of anilines is 1. The predicted octanol–water partition coefficient (Wildman–Crippen LogP) is 8.29. The third kappa shape index (κ3) is 7.78. The number of carbonyl (C=O) groups is 3. The van der Waals surface area contributed by atoms with Crippen LogP contribution in [0.2, 0.25) is 25.7 Å². The number of nitrogens with one attached hydrogen (secondary N) is 2. The van der Waals surface area contributed by atoms with Gasteiger partial charge in [-0.2, -0.15) is 0 Å². The molecule has 1 aliphatic heterocycles. The van der Waals surface area contributed by atoms with E-state index in [2.05, 4.69) is 35.3 Å². The molecular formula is C38H37FN4O5Si. The molecule has 9 nitrogen and oxygen atoms in total. The van der Waals surface area contributed by atoms with Crippen molar-refractivity contribution >= 4 is 42.7 Å². The summed E-state index contributed by atoms with van der Waals surface area (Å²) in [5, 5.41) is 5.58. The second-order valence-electron chi connectivity index (χ2n) is 13.1. The van der Waals surface area contributed by atoms with Gasteiger partial charge in [0.2, 0.25) is 0 Å². The Kier molecular flexibility index (Phi) is 9.72. The lowest BCUT2D eigenvalue weighted by atomic mass is 9.99. The van der Waals surface area contributed by atoms with Crippen LogP contribution < -0.4 is 15.4 Å². The van der Waals surface area contributed by atoms with Crippen molar-refractivity contribution in [2.24, 2.45) is 0 Å². The van der Waals surface area contributed by atoms with Gasteiger partial charge >= 0.3 is 12.1 Å². The van der Waals surface area contributed by atoms with Gasteiger partial charge in [0, 0.05) is 38.3 Å². The second kappa shape index (κ2) is 14.3. The average Bonchev–Trinajstić information content (AvgIpc) is 3.40. The minimum atomic E-state index is -1.45. The minimum absolute atomic E-state index is 0.115. The molecule has 4 aromatic carbocycles. The second-order valence-corrected chi connectivity index (χ2v) is 18.7. The van der Waals surface area contributed by atoms with Gasteiger partial charge in [-0.25, -0.2) is 19.3 Å².